The van der Waals surface area contributed by atoms with Gasteiger partial charge in [-0.15, -0.1) is 10.2 Å². The first kappa shape index (κ1) is 22.5. The molecule has 2 aromatic carbocycles. The molecule has 0 atom stereocenters. The number of nitrogens with zero attached hydrogens (tertiary/aromatic N) is 4. The molecule has 0 aliphatic carbocycles. The largest absolute Gasteiger partial charge is 0.351 e. The number of thioether (sulfide) groups is 1. The number of benzene rings is 2. The van der Waals surface area contributed by atoms with Gasteiger partial charge in [-0.1, -0.05) is 72.4 Å². The SMILES string of the molecule is Cc1nnc(SCC(=O)NCc2ccc(Cn3ccccc3=O)cc2)n1Cc1ccccc1. The number of aromatic nitrogens is 4. The minimum atomic E-state index is -0.0631. The zero-order valence-corrected chi connectivity index (χ0v) is 19.2. The van der Waals surface area contributed by atoms with Gasteiger partial charge in [-0.3, -0.25) is 9.59 Å². The molecule has 0 fully saturated rings. The molecule has 33 heavy (non-hydrogen) atoms. The summed E-state index contributed by atoms with van der Waals surface area (Å²) in [7, 11) is 0. The predicted molar refractivity (Wildman–Crippen MR) is 129 cm³/mol. The van der Waals surface area contributed by atoms with Crippen LogP contribution in [0.25, 0.3) is 0 Å². The molecule has 0 bridgehead atoms. The van der Waals surface area contributed by atoms with Gasteiger partial charge in [0.25, 0.3) is 5.56 Å². The van der Waals surface area contributed by atoms with Crippen LogP contribution in [0.3, 0.4) is 0 Å². The van der Waals surface area contributed by atoms with Crippen LogP contribution in [0.2, 0.25) is 0 Å². The number of hydrogen-bond donors (Lipinski definition) is 1. The summed E-state index contributed by atoms with van der Waals surface area (Å²) in [6.45, 7) is 3.55. The molecule has 0 unspecified atom stereocenters. The molecule has 4 rings (SSSR count). The third-order valence-corrected chi connectivity index (χ3v) is 6.15. The van der Waals surface area contributed by atoms with Gasteiger partial charge >= 0.3 is 0 Å². The first-order valence-corrected chi connectivity index (χ1v) is 11.6. The van der Waals surface area contributed by atoms with Crippen LogP contribution in [0.4, 0.5) is 0 Å². The molecule has 1 N–H and O–H groups in total. The summed E-state index contributed by atoms with van der Waals surface area (Å²) in [5.41, 5.74) is 3.16. The van der Waals surface area contributed by atoms with E-state index >= 15 is 0 Å². The minimum absolute atomic E-state index is 0.0267. The van der Waals surface area contributed by atoms with Crippen molar-refractivity contribution in [1.82, 2.24) is 24.6 Å². The third-order valence-electron chi connectivity index (χ3n) is 5.18. The molecule has 0 saturated carbocycles. The van der Waals surface area contributed by atoms with Crippen molar-refractivity contribution in [2.75, 3.05) is 5.75 Å². The van der Waals surface area contributed by atoms with Crippen molar-refractivity contribution < 1.29 is 4.79 Å². The van der Waals surface area contributed by atoms with Crippen molar-refractivity contribution in [1.29, 1.82) is 0 Å². The van der Waals surface area contributed by atoms with Crippen LogP contribution in [-0.2, 0) is 24.4 Å². The molecule has 168 valence electrons. The van der Waals surface area contributed by atoms with E-state index in [9.17, 15) is 9.59 Å². The number of hydrogen-bond acceptors (Lipinski definition) is 5. The second kappa shape index (κ2) is 10.8. The number of aryl methyl sites for hydroxylation is 1. The molecular weight excluding hydrogens is 434 g/mol. The highest BCUT2D eigenvalue weighted by atomic mass is 32.2. The summed E-state index contributed by atoms with van der Waals surface area (Å²) in [6, 6.07) is 23.1. The van der Waals surface area contributed by atoms with Crippen molar-refractivity contribution in [3.63, 3.8) is 0 Å². The van der Waals surface area contributed by atoms with Gasteiger partial charge in [0.1, 0.15) is 5.82 Å². The fraction of sp³-hybridized carbons (Fsp3) is 0.200. The van der Waals surface area contributed by atoms with Crippen molar-refractivity contribution in [2.24, 2.45) is 0 Å². The molecule has 8 heteroatoms. The molecule has 2 aromatic heterocycles. The summed E-state index contributed by atoms with van der Waals surface area (Å²) in [4.78, 5) is 24.2. The fourth-order valence-electron chi connectivity index (χ4n) is 3.35. The predicted octanol–water partition coefficient (Wildman–Crippen LogP) is 3.25. The van der Waals surface area contributed by atoms with Gasteiger partial charge in [-0.2, -0.15) is 0 Å². The molecule has 0 saturated heterocycles. The van der Waals surface area contributed by atoms with E-state index in [2.05, 4.69) is 27.6 Å². The van der Waals surface area contributed by atoms with Crippen LogP contribution in [0, 0.1) is 6.92 Å². The first-order chi connectivity index (χ1) is 16.1. The summed E-state index contributed by atoms with van der Waals surface area (Å²) < 4.78 is 3.68. The number of amides is 1. The second-order valence-corrected chi connectivity index (χ2v) is 8.59. The molecule has 0 spiro atoms. The highest BCUT2D eigenvalue weighted by Gasteiger charge is 2.12. The van der Waals surface area contributed by atoms with Crippen LogP contribution in [-0.4, -0.2) is 31.0 Å². The van der Waals surface area contributed by atoms with Crippen LogP contribution in [0.15, 0.2) is 88.9 Å². The van der Waals surface area contributed by atoms with Crippen LogP contribution < -0.4 is 10.9 Å². The maximum absolute atomic E-state index is 12.4. The van der Waals surface area contributed by atoms with E-state index in [4.69, 9.17) is 0 Å². The average Bonchev–Trinajstić information content (AvgIpc) is 3.18. The number of pyridine rings is 1. The smallest absolute Gasteiger partial charge is 0.250 e. The number of rotatable bonds is 9. The topological polar surface area (TPSA) is 81.8 Å². The average molecular weight is 460 g/mol. The van der Waals surface area contributed by atoms with E-state index < -0.39 is 0 Å². The summed E-state index contributed by atoms with van der Waals surface area (Å²) in [5, 5.41) is 12.1. The van der Waals surface area contributed by atoms with Gasteiger partial charge in [0.05, 0.1) is 18.8 Å². The van der Waals surface area contributed by atoms with E-state index in [-0.39, 0.29) is 17.2 Å². The molecular formula is C25H25N5O2S. The highest BCUT2D eigenvalue weighted by Crippen LogP contribution is 2.18. The number of carbonyl (C=O) groups excluding carboxylic acids is 1. The zero-order valence-electron chi connectivity index (χ0n) is 18.3. The summed E-state index contributed by atoms with van der Waals surface area (Å²) in [6.07, 6.45) is 1.77. The second-order valence-electron chi connectivity index (χ2n) is 7.65. The van der Waals surface area contributed by atoms with Crippen molar-refractivity contribution >= 4 is 17.7 Å². The van der Waals surface area contributed by atoms with Gasteiger partial charge in [0.15, 0.2) is 5.16 Å². The lowest BCUT2D eigenvalue weighted by Gasteiger charge is -2.09. The van der Waals surface area contributed by atoms with E-state index in [1.165, 1.54) is 11.8 Å². The lowest BCUT2D eigenvalue weighted by atomic mass is 10.1. The van der Waals surface area contributed by atoms with Gasteiger partial charge < -0.3 is 14.5 Å². The van der Waals surface area contributed by atoms with Gasteiger partial charge in [-0.05, 0) is 29.7 Å². The lowest BCUT2D eigenvalue weighted by molar-refractivity contribution is -0.118. The lowest BCUT2D eigenvalue weighted by Crippen LogP contribution is -2.24. The Bertz CT molecular complexity index is 1270. The van der Waals surface area contributed by atoms with E-state index in [1.807, 2.05) is 60.0 Å². The monoisotopic (exact) mass is 459 g/mol. The Hall–Kier alpha value is -3.65. The summed E-state index contributed by atoms with van der Waals surface area (Å²) >= 11 is 1.38. The van der Waals surface area contributed by atoms with Crippen LogP contribution in [0.1, 0.15) is 22.5 Å². The quantitative estimate of drug-likeness (QED) is 0.389. The number of carbonyl (C=O) groups is 1. The van der Waals surface area contributed by atoms with E-state index in [0.717, 1.165) is 27.7 Å². The standard InChI is InChI=1S/C25H25N5O2S/c1-19-27-28-25(30(19)17-21-7-3-2-4-8-21)33-18-23(31)26-15-20-10-12-22(13-11-20)16-29-14-6-5-9-24(29)32/h2-14H,15-18H2,1H3,(H,26,31). The molecule has 2 heterocycles. The molecule has 4 aromatic rings. The van der Waals surface area contributed by atoms with Gasteiger partial charge in [0.2, 0.25) is 5.91 Å². The maximum atomic E-state index is 12.4. The van der Waals surface area contributed by atoms with Crippen molar-refractivity contribution in [2.45, 2.75) is 31.7 Å². The van der Waals surface area contributed by atoms with E-state index in [1.54, 1.807) is 22.9 Å². The minimum Gasteiger partial charge on any atom is -0.351 e. The highest BCUT2D eigenvalue weighted by molar-refractivity contribution is 7.99. The Morgan fingerprint density at radius 3 is 2.33 bits per heavy atom. The van der Waals surface area contributed by atoms with E-state index in [0.29, 0.717) is 19.6 Å². The Morgan fingerprint density at radius 1 is 0.879 bits per heavy atom. The Labute approximate surface area is 196 Å². The van der Waals surface area contributed by atoms with Crippen LogP contribution in [0.5, 0.6) is 0 Å². The molecule has 0 radical (unpaired) electrons. The summed E-state index contributed by atoms with van der Waals surface area (Å²) in [5.74, 6) is 1.02. The third kappa shape index (κ3) is 6.20. The maximum Gasteiger partial charge on any atom is 0.250 e. The number of nitrogens with one attached hydrogen (secondary N) is 1. The van der Waals surface area contributed by atoms with Gasteiger partial charge in [-0.25, -0.2) is 0 Å². The Balaban J connectivity index is 1.27. The molecule has 7 nitrogen and oxygen atoms in total. The molecule has 0 aliphatic heterocycles. The zero-order chi connectivity index (χ0) is 23.0. The Kier molecular flexibility index (Phi) is 7.36. The van der Waals surface area contributed by atoms with Crippen LogP contribution >= 0.6 is 11.8 Å². The first-order valence-electron chi connectivity index (χ1n) is 10.6. The van der Waals surface area contributed by atoms with Gasteiger partial charge in [0, 0.05) is 18.8 Å². The molecule has 1 amide bonds. The normalized spacial score (nSPS) is 10.8. The fourth-order valence-corrected chi connectivity index (χ4v) is 4.16. The van der Waals surface area contributed by atoms with Crippen molar-refractivity contribution in [3.05, 3.63) is 112 Å². The van der Waals surface area contributed by atoms with Crippen molar-refractivity contribution in [3.8, 4) is 0 Å². The molecule has 0 aliphatic rings. The Morgan fingerprint density at radius 2 is 1.58 bits per heavy atom.